The van der Waals surface area contributed by atoms with Crippen LogP contribution in [0, 0.1) is 0 Å². The maximum absolute atomic E-state index is 12.2. The first-order chi connectivity index (χ1) is 12.2. The van der Waals surface area contributed by atoms with Gasteiger partial charge < -0.3 is 0 Å². The molecule has 0 heterocycles. The van der Waals surface area contributed by atoms with Crippen molar-refractivity contribution in [2.45, 2.75) is 6.92 Å². The Labute approximate surface area is 166 Å². The highest BCUT2D eigenvalue weighted by Gasteiger charge is 2.20. The van der Waals surface area contributed by atoms with E-state index in [1.165, 1.54) is 12.1 Å². The second-order valence-corrected chi connectivity index (χ2v) is 8.74. The molecule has 0 atom stereocenters. The Morgan fingerprint density at radius 3 is 2.27 bits per heavy atom. The van der Waals surface area contributed by atoms with Gasteiger partial charge in [-0.15, -0.1) is 0 Å². The molecule has 0 bridgehead atoms. The van der Waals surface area contributed by atoms with Crippen LogP contribution in [-0.4, -0.2) is 32.8 Å². The number of nitrogens with one attached hydrogen (secondary N) is 1. The minimum Gasteiger partial charge on any atom is -0.271 e. The van der Waals surface area contributed by atoms with E-state index in [0.29, 0.717) is 16.4 Å². The van der Waals surface area contributed by atoms with E-state index in [2.05, 4.69) is 26.5 Å². The van der Waals surface area contributed by atoms with Crippen molar-refractivity contribution in [3.05, 3.63) is 63.6 Å². The number of nitrogens with zero attached hydrogens (tertiary/aromatic N) is 2. The van der Waals surface area contributed by atoms with Gasteiger partial charge in [0, 0.05) is 9.50 Å². The maximum Gasteiger partial charge on any atom is 0.260 e. The summed E-state index contributed by atoms with van der Waals surface area (Å²) in [5.41, 5.74) is 4.17. The van der Waals surface area contributed by atoms with E-state index in [4.69, 9.17) is 11.6 Å². The van der Waals surface area contributed by atoms with Crippen molar-refractivity contribution < 1.29 is 13.2 Å². The van der Waals surface area contributed by atoms with Gasteiger partial charge in [0.15, 0.2) is 0 Å². The predicted molar refractivity (Wildman–Crippen MR) is 108 cm³/mol. The minimum atomic E-state index is -3.65. The lowest BCUT2D eigenvalue weighted by Crippen LogP contribution is -2.39. The van der Waals surface area contributed by atoms with E-state index in [1.807, 2.05) is 24.3 Å². The van der Waals surface area contributed by atoms with Crippen LogP contribution in [0.15, 0.2) is 58.1 Å². The molecule has 0 fully saturated rings. The number of hydrogen-bond donors (Lipinski definition) is 1. The van der Waals surface area contributed by atoms with E-state index in [1.54, 1.807) is 19.1 Å². The van der Waals surface area contributed by atoms with E-state index >= 15 is 0 Å². The van der Waals surface area contributed by atoms with Gasteiger partial charge in [0.25, 0.3) is 5.91 Å². The number of halogens is 2. The van der Waals surface area contributed by atoms with Gasteiger partial charge in [0.2, 0.25) is 10.0 Å². The zero-order chi connectivity index (χ0) is 19.3. The number of rotatable bonds is 6. The fraction of sp³-hybridized carbons (Fsp3) is 0.176. The average molecular weight is 459 g/mol. The molecule has 0 aliphatic carbocycles. The number of hydrazone groups is 1. The van der Waals surface area contributed by atoms with E-state index in [0.717, 1.165) is 20.6 Å². The lowest BCUT2D eigenvalue weighted by Gasteiger charge is -2.21. The molecule has 26 heavy (non-hydrogen) atoms. The first-order valence-corrected chi connectivity index (χ1v) is 10.5. The zero-order valence-corrected chi connectivity index (χ0v) is 17.3. The van der Waals surface area contributed by atoms with Crippen molar-refractivity contribution in [2.75, 3.05) is 17.1 Å². The third-order valence-electron chi connectivity index (χ3n) is 3.41. The molecule has 138 valence electrons. The lowest BCUT2D eigenvalue weighted by molar-refractivity contribution is -0.119. The second-order valence-electron chi connectivity index (χ2n) is 5.49. The van der Waals surface area contributed by atoms with Gasteiger partial charge >= 0.3 is 0 Å². The Balaban J connectivity index is 2.11. The highest BCUT2D eigenvalue weighted by atomic mass is 79.9. The van der Waals surface area contributed by atoms with Crippen LogP contribution in [0.4, 0.5) is 5.69 Å². The number of hydrogen-bond acceptors (Lipinski definition) is 4. The normalized spacial score (nSPS) is 11.9. The number of carbonyl (C=O) groups excluding carboxylic acids is 1. The number of sulfonamides is 1. The Kier molecular flexibility index (Phi) is 6.80. The van der Waals surface area contributed by atoms with Gasteiger partial charge in [0.05, 0.1) is 17.7 Å². The van der Waals surface area contributed by atoms with Gasteiger partial charge in [-0.05, 0) is 48.9 Å². The quantitative estimate of drug-likeness (QED) is 0.532. The Morgan fingerprint density at radius 2 is 1.73 bits per heavy atom. The van der Waals surface area contributed by atoms with Crippen LogP contribution >= 0.6 is 27.5 Å². The third kappa shape index (κ3) is 5.82. The minimum absolute atomic E-state index is 0.348. The molecule has 2 aromatic carbocycles. The predicted octanol–water partition coefficient (Wildman–Crippen LogP) is 3.41. The molecule has 6 nitrogen and oxygen atoms in total. The monoisotopic (exact) mass is 457 g/mol. The number of amides is 1. The molecule has 1 amide bonds. The molecule has 2 rings (SSSR count). The van der Waals surface area contributed by atoms with E-state index in [-0.39, 0.29) is 0 Å². The summed E-state index contributed by atoms with van der Waals surface area (Å²) in [5, 5.41) is 4.50. The molecule has 2 aromatic rings. The van der Waals surface area contributed by atoms with Crippen molar-refractivity contribution in [3.63, 3.8) is 0 Å². The molecule has 0 spiro atoms. The second kappa shape index (κ2) is 8.66. The molecule has 0 aromatic heterocycles. The summed E-state index contributed by atoms with van der Waals surface area (Å²) in [6.07, 6.45) is 1.03. The summed E-state index contributed by atoms with van der Waals surface area (Å²) in [4.78, 5) is 12.2. The summed E-state index contributed by atoms with van der Waals surface area (Å²) < 4.78 is 26.0. The third-order valence-corrected chi connectivity index (χ3v) is 5.33. The molecule has 1 N–H and O–H groups in total. The smallest absolute Gasteiger partial charge is 0.260 e. The summed E-state index contributed by atoms with van der Waals surface area (Å²) in [7, 11) is -3.65. The summed E-state index contributed by atoms with van der Waals surface area (Å²) >= 11 is 9.17. The molecular formula is C17H17BrClN3O3S. The first kappa shape index (κ1) is 20.4. The number of carbonyl (C=O) groups is 1. The highest BCUT2D eigenvalue weighted by Crippen LogP contribution is 2.20. The van der Waals surface area contributed by atoms with Gasteiger partial charge in [-0.3, -0.25) is 9.10 Å². The summed E-state index contributed by atoms with van der Waals surface area (Å²) in [6.45, 7) is 1.36. The van der Waals surface area contributed by atoms with Gasteiger partial charge in [0.1, 0.15) is 6.54 Å². The zero-order valence-electron chi connectivity index (χ0n) is 14.1. The van der Waals surface area contributed by atoms with Crippen molar-refractivity contribution in [1.29, 1.82) is 0 Å². The fourth-order valence-corrected chi connectivity index (χ4v) is 3.32. The van der Waals surface area contributed by atoms with Crippen LogP contribution in [0.5, 0.6) is 0 Å². The number of benzene rings is 2. The Morgan fingerprint density at radius 1 is 1.15 bits per heavy atom. The van der Waals surface area contributed by atoms with Gasteiger partial charge in [-0.25, -0.2) is 13.8 Å². The molecule has 0 aliphatic heterocycles. The largest absolute Gasteiger partial charge is 0.271 e. The van der Waals surface area contributed by atoms with Crippen molar-refractivity contribution in [2.24, 2.45) is 5.10 Å². The molecular weight excluding hydrogens is 442 g/mol. The van der Waals surface area contributed by atoms with Crippen molar-refractivity contribution in [1.82, 2.24) is 5.43 Å². The topological polar surface area (TPSA) is 78.8 Å². The molecule has 0 radical (unpaired) electrons. The molecule has 0 aliphatic rings. The van der Waals surface area contributed by atoms with Crippen LogP contribution < -0.4 is 9.73 Å². The maximum atomic E-state index is 12.2. The van der Waals surface area contributed by atoms with Crippen molar-refractivity contribution in [3.8, 4) is 0 Å². The van der Waals surface area contributed by atoms with Crippen molar-refractivity contribution >= 4 is 54.9 Å². The van der Waals surface area contributed by atoms with Crippen LogP contribution in [0.1, 0.15) is 12.5 Å². The average Bonchev–Trinajstić information content (AvgIpc) is 2.58. The van der Waals surface area contributed by atoms with Crippen LogP contribution in [-0.2, 0) is 14.8 Å². The van der Waals surface area contributed by atoms with E-state index < -0.39 is 22.5 Å². The Hall–Kier alpha value is -1.90. The first-order valence-electron chi connectivity index (χ1n) is 7.49. The lowest BCUT2D eigenvalue weighted by atomic mass is 10.1. The van der Waals surface area contributed by atoms with Crippen LogP contribution in [0.2, 0.25) is 5.02 Å². The van der Waals surface area contributed by atoms with E-state index in [9.17, 15) is 13.2 Å². The standard InChI is InChI=1S/C17H17BrClN3O3S/c1-12(13-3-5-14(18)6-4-13)20-21-17(23)11-22(26(2,24)25)16-9-7-15(19)8-10-16/h3-10H,11H2,1-2H3,(H,21,23)/b20-12-. The van der Waals surface area contributed by atoms with Crippen LogP contribution in [0.25, 0.3) is 0 Å². The summed E-state index contributed by atoms with van der Waals surface area (Å²) in [5.74, 6) is -0.554. The van der Waals surface area contributed by atoms with Gasteiger partial charge in [-0.2, -0.15) is 5.10 Å². The van der Waals surface area contributed by atoms with Crippen LogP contribution in [0.3, 0.4) is 0 Å². The van der Waals surface area contributed by atoms with Gasteiger partial charge in [-0.1, -0.05) is 39.7 Å². The number of anilines is 1. The molecule has 9 heteroatoms. The summed E-state index contributed by atoms with van der Waals surface area (Å²) in [6, 6.07) is 13.6. The molecule has 0 saturated carbocycles. The fourth-order valence-electron chi connectivity index (χ4n) is 2.08. The Bertz CT molecular complexity index is 913. The molecule has 0 saturated heterocycles. The SMILES string of the molecule is C/C(=N/NC(=O)CN(c1ccc(Cl)cc1)S(C)(=O)=O)c1ccc(Br)cc1. The molecule has 0 unspecified atom stereocenters. The highest BCUT2D eigenvalue weighted by molar-refractivity contribution is 9.10.